The van der Waals surface area contributed by atoms with Gasteiger partial charge in [0.05, 0.1) is 56.7 Å². The molecule has 5 unspecified atom stereocenters. The van der Waals surface area contributed by atoms with Crippen LogP contribution in [0.2, 0.25) is 0 Å². The van der Waals surface area contributed by atoms with Gasteiger partial charge in [0.1, 0.15) is 17.7 Å². The number of aromatic nitrogens is 4. The van der Waals surface area contributed by atoms with E-state index < -0.39 is 24.0 Å². The fourth-order valence-corrected chi connectivity index (χ4v) is 8.49. The zero-order valence-corrected chi connectivity index (χ0v) is 28.3. The summed E-state index contributed by atoms with van der Waals surface area (Å²) in [4.78, 5) is 44.3. The van der Waals surface area contributed by atoms with E-state index in [1.54, 1.807) is 11.1 Å². The number of hydrogen-bond donors (Lipinski definition) is 3. The van der Waals surface area contributed by atoms with Gasteiger partial charge in [-0.25, -0.2) is 14.8 Å². The van der Waals surface area contributed by atoms with E-state index in [1.165, 1.54) is 32.8 Å². The molecule has 1 spiro atoms. The molecule has 49 heavy (non-hydrogen) atoms. The van der Waals surface area contributed by atoms with Crippen LogP contribution in [0.3, 0.4) is 0 Å². The summed E-state index contributed by atoms with van der Waals surface area (Å²) < 4.78 is 16.8. The molecule has 11 heteroatoms. The van der Waals surface area contributed by atoms with Crippen molar-refractivity contribution in [2.24, 2.45) is 17.8 Å². The molecule has 8 rings (SSSR count). The van der Waals surface area contributed by atoms with E-state index in [1.807, 2.05) is 20.0 Å². The number of alkyl carbamates (subject to hydrolysis) is 1. The number of aromatic amines is 2. The minimum absolute atomic E-state index is 0.161. The molecule has 3 N–H and O–H groups in total. The molecule has 11 nitrogen and oxygen atoms in total. The Labute approximate surface area is 286 Å². The lowest BCUT2D eigenvalue weighted by molar-refractivity contribution is -0.153. The van der Waals surface area contributed by atoms with E-state index in [9.17, 15) is 9.59 Å². The number of fused-ring (bicyclic) bond motifs is 2. The van der Waals surface area contributed by atoms with Crippen LogP contribution >= 0.6 is 0 Å². The van der Waals surface area contributed by atoms with Crippen molar-refractivity contribution < 1.29 is 23.8 Å². The van der Waals surface area contributed by atoms with Gasteiger partial charge in [-0.05, 0) is 59.3 Å². The van der Waals surface area contributed by atoms with E-state index in [4.69, 9.17) is 24.2 Å². The Hall–Kier alpha value is -4.48. The normalized spacial score (nSPS) is 24.6. The Morgan fingerprint density at radius 1 is 0.878 bits per heavy atom. The number of imidazole rings is 2. The highest BCUT2D eigenvalue weighted by molar-refractivity contribution is 5.86. The van der Waals surface area contributed by atoms with E-state index in [-0.39, 0.29) is 18.4 Å². The predicted molar refractivity (Wildman–Crippen MR) is 183 cm³/mol. The number of carbonyl (C=O) groups excluding carboxylic acids is 2. The van der Waals surface area contributed by atoms with Gasteiger partial charge in [0.2, 0.25) is 5.91 Å². The molecule has 5 atom stereocenters. The molecule has 0 radical (unpaired) electrons. The largest absolute Gasteiger partial charge is 0.453 e. The number of nitrogens with zero attached hydrogens (tertiary/aromatic N) is 3. The first-order chi connectivity index (χ1) is 23.8. The van der Waals surface area contributed by atoms with Crippen LogP contribution in [-0.4, -0.2) is 75.5 Å². The maximum Gasteiger partial charge on any atom is 0.407 e. The van der Waals surface area contributed by atoms with Crippen molar-refractivity contribution >= 4 is 12.0 Å². The number of amides is 2. The zero-order valence-electron chi connectivity index (χ0n) is 28.3. The van der Waals surface area contributed by atoms with Crippen LogP contribution < -0.4 is 5.32 Å². The third kappa shape index (κ3) is 6.03. The van der Waals surface area contributed by atoms with Gasteiger partial charge in [0.25, 0.3) is 0 Å². The lowest BCUT2D eigenvalue weighted by Crippen LogP contribution is -2.52. The highest BCUT2D eigenvalue weighted by atomic mass is 16.7. The molecule has 4 aromatic rings. The van der Waals surface area contributed by atoms with Crippen molar-refractivity contribution in [2.45, 2.75) is 69.7 Å². The van der Waals surface area contributed by atoms with Crippen LogP contribution in [0.25, 0.3) is 33.6 Å². The maximum absolute atomic E-state index is 13.9. The van der Waals surface area contributed by atoms with Crippen LogP contribution in [0, 0.1) is 17.8 Å². The van der Waals surface area contributed by atoms with Crippen LogP contribution in [-0.2, 0) is 19.0 Å². The molecule has 2 saturated carbocycles. The number of nitrogens with one attached hydrogen (secondary N) is 3. The second-order valence-electron chi connectivity index (χ2n) is 14.5. The first kappa shape index (κ1) is 31.8. The lowest BCUT2D eigenvalue weighted by Gasteiger charge is -2.30. The Morgan fingerprint density at radius 3 is 2.02 bits per heavy atom. The number of hydrogen-bond acceptors (Lipinski definition) is 7. The van der Waals surface area contributed by atoms with Crippen molar-refractivity contribution in [2.75, 3.05) is 26.9 Å². The molecule has 4 heterocycles. The summed E-state index contributed by atoms with van der Waals surface area (Å²) in [6.07, 6.45) is 8.97. The van der Waals surface area contributed by atoms with Crippen LogP contribution in [0.5, 0.6) is 0 Å². The number of ether oxygens (including phenoxy) is 3. The molecule has 2 aromatic heterocycles. The van der Waals surface area contributed by atoms with Crippen LogP contribution in [0.4, 0.5) is 4.79 Å². The Balaban J connectivity index is 0.973. The molecule has 4 aliphatic rings. The van der Waals surface area contributed by atoms with Gasteiger partial charge in [-0.3, -0.25) is 4.79 Å². The van der Waals surface area contributed by atoms with Crippen molar-refractivity contribution in [3.05, 3.63) is 72.6 Å². The molecule has 2 amide bonds. The summed E-state index contributed by atoms with van der Waals surface area (Å²) >= 11 is 0. The average molecular weight is 665 g/mol. The van der Waals surface area contributed by atoms with E-state index in [0.717, 1.165) is 51.3 Å². The summed E-state index contributed by atoms with van der Waals surface area (Å²) in [7, 11) is 1.29. The first-order valence-corrected chi connectivity index (χ1v) is 17.5. The number of methoxy groups -OCH3 is 1. The Kier molecular flexibility index (Phi) is 8.27. The number of rotatable bonds is 8. The topological polar surface area (TPSA) is 134 Å². The third-order valence-corrected chi connectivity index (χ3v) is 11.1. The van der Waals surface area contributed by atoms with Gasteiger partial charge in [0, 0.05) is 12.3 Å². The maximum atomic E-state index is 13.9. The predicted octanol–water partition coefficient (Wildman–Crippen LogP) is 6.43. The van der Waals surface area contributed by atoms with Crippen molar-refractivity contribution in [1.82, 2.24) is 30.2 Å². The molecule has 2 bridgehead atoms. The van der Waals surface area contributed by atoms with Gasteiger partial charge in [-0.1, -0.05) is 68.8 Å². The van der Waals surface area contributed by atoms with Crippen LogP contribution in [0.1, 0.15) is 69.6 Å². The highest BCUT2D eigenvalue weighted by Crippen LogP contribution is 2.52. The lowest BCUT2D eigenvalue weighted by atomic mass is 9.88. The molecule has 256 valence electrons. The Morgan fingerprint density at radius 2 is 1.47 bits per heavy atom. The molecule has 4 fully saturated rings. The highest BCUT2D eigenvalue weighted by Gasteiger charge is 2.52. The molecule has 2 saturated heterocycles. The minimum atomic E-state index is -0.896. The Bertz CT molecular complexity index is 1810. The zero-order chi connectivity index (χ0) is 33.7. The van der Waals surface area contributed by atoms with Gasteiger partial charge >= 0.3 is 6.09 Å². The SMILES string of the molecule is COC(=O)NC(C(=O)N1CC2(CC1c1ncc(-c3ccc(-c4ccc(-c5cnc(C6CC7CCC6C7)[nH]5)cc4)cc3)[nH]1)OCCO2)C(C)C. The van der Waals surface area contributed by atoms with Gasteiger partial charge in [0.15, 0.2) is 5.79 Å². The third-order valence-electron chi connectivity index (χ3n) is 11.1. The minimum Gasteiger partial charge on any atom is -0.453 e. The molecule has 2 aliphatic carbocycles. The molecular weight excluding hydrogens is 620 g/mol. The standard InChI is InChI=1S/C38H44N6O5/c1-22(2)33(43-37(46)47-3)36(45)44-21-38(48-14-15-49-38)18-32(44)35-40-20-31(42-35)27-12-8-25(9-13-27)24-6-10-26(11-7-24)30-19-39-34(41-30)29-17-23-4-5-28(29)16-23/h6-13,19-20,22-23,28-29,32-33H,4-5,14-18,21H2,1-3H3,(H,39,41)(H,40,42)(H,43,46). The average Bonchev–Trinajstić information content (AvgIpc) is 3.98. The van der Waals surface area contributed by atoms with E-state index >= 15 is 0 Å². The summed E-state index contributed by atoms with van der Waals surface area (Å²) in [5.41, 5.74) is 6.30. The first-order valence-electron chi connectivity index (χ1n) is 17.5. The molecule has 2 aliphatic heterocycles. The van der Waals surface area contributed by atoms with E-state index in [2.05, 4.69) is 63.8 Å². The summed E-state index contributed by atoms with van der Waals surface area (Å²) in [5, 5.41) is 2.70. The number of H-pyrrole nitrogens is 2. The summed E-state index contributed by atoms with van der Waals surface area (Å²) in [6, 6.07) is 15.8. The summed E-state index contributed by atoms with van der Waals surface area (Å²) in [5.74, 6) is 2.80. The van der Waals surface area contributed by atoms with Gasteiger partial charge < -0.3 is 34.4 Å². The number of carbonyl (C=O) groups is 2. The molecule has 2 aromatic carbocycles. The van der Waals surface area contributed by atoms with Crippen molar-refractivity contribution in [1.29, 1.82) is 0 Å². The number of likely N-dealkylation sites (tertiary alicyclic amines) is 1. The fourth-order valence-electron chi connectivity index (χ4n) is 8.49. The monoisotopic (exact) mass is 664 g/mol. The smallest absolute Gasteiger partial charge is 0.407 e. The van der Waals surface area contributed by atoms with E-state index in [0.29, 0.717) is 31.4 Å². The van der Waals surface area contributed by atoms with Crippen LogP contribution in [0.15, 0.2) is 60.9 Å². The second kappa shape index (κ2) is 12.8. The van der Waals surface area contributed by atoms with Crippen molar-refractivity contribution in [3.63, 3.8) is 0 Å². The summed E-state index contributed by atoms with van der Waals surface area (Å²) in [6.45, 7) is 4.95. The van der Waals surface area contributed by atoms with Crippen molar-refractivity contribution in [3.8, 4) is 33.6 Å². The second-order valence-corrected chi connectivity index (χ2v) is 14.5. The molecular formula is C38H44N6O5. The number of benzene rings is 2. The van der Waals surface area contributed by atoms with Gasteiger partial charge in [-0.15, -0.1) is 0 Å². The quantitative estimate of drug-likeness (QED) is 0.198. The van der Waals surface area contributed by atoms with Gasteiger partial charge in [-0.2, -0.15) is 0 Å². The fraction of sp³-hybridized carbons (Fsp3) is 0.474.